The number of amides is 1. The van der Waals surface area contributed by atoms with Crippen LogP contribution >= 0.6 is 23.2 Å². The Morgan fingerprint density at radius 1 is 1.45 bits per heavy atom. The molecule has 4 nitrogen and oxygen atoms in total. The number of carbonyl (C=O) groups excluding carboxylic acids is 1. The molecule has 0 saturated heterocycles. The zero-order chi connectivity index (χ0) is 14.5. The Kier molecular flexibility index (Phi) is 5.26. The summed E-state index contributed by atoms with van der Waals surface area (Å²) in [5.74, 6) is 1.10. The van der Waals surface area contributed by atoms with Crippen molar-refractivity contribution in [2.75, 3.05) is 6.54 Å². The van der Waals surface area contributed by atoms with E-state index in [0.29, 0.717) is 30.4 Å². The van der Waals surface area contributed by atoms with Crippen molar-refractivity contribution in [3.8, 4) is 0 Å². The van der Waals surface area contributed by atoms with Crippen LogP contribution in [0.2, 0.25) is 5.02 Å². The fourth-order valence-electron chi connectivity index (χ4n) is 2.06. The Hall–Kier alpha value is -1.26. The Morgan fingerprint density at radius 3 is 2.95 bits per heavy atom. The topological polar surface area (TPSA) is 46.9 Å². The number of nitrogens with zero attached hydrogens (tertiary/aromatic N) is 2. The first-order chi connectivity index (χ1) is 9.65. The molecule has 0 bridgehead atoms. The van der Waals surface area contributed by atoms with Crippen LogP contribution in [-0.2, 0) is 17.2 Å². The highest BCUT2D eigenvalue weighted by atomic mass is 35.5. The first kappa shape index (κ1) is 15.1. The average Bonchev–Trinajstić information content (AvgIpc) is 2.79. The van der Waals surface area contributed by atoms with E-state index in [1.165, 1.54) is 0 Å². The van der Waals surface area contributed by atoms with Crippen molar-refractivity contribution in [1.82, 2.24) is 14.9 Å². The summed E-state index contributed by atoms with van der Waals surface area (Å²) >= 11 is 11.9. The monoisotopic (exact) mass is 313 g/mol. The van der Waals surface area contributed by atoms with Crippen molar-refractivity contribution in [2.24, 2.45) is 0 Å². The van der Waals surface area contributed by atoms with Gasteiger partial charge in [-0.2, -0.15) is 0 Å². The minimum atomic E-state index is 0.0382. The molecule has 0 unspecified atom stereocenters. The Morgan fingerprint density at radius 2 is 2.25 bits per heavy atom. The first-order valence-corrected chi connectivity index (χ1v) is 7.54. The number of imidazole rings is 1. The number of hydrogen-bond acceptors (Lipinski definition) is 2. The SMILES string of the molecule is CCCNC(=O)CCn1c(CCl)nc2ccc(Cl)cc21. The maximum Gasteiger partial charge on any atom is 0.221 e. The van der Waals surface area contributed by atoms with Gasteiger partial charge in [-0.25, -0.2) is 4.98 Å². The van der Waals surface area contributed by atoms with Crippen LogP contribution in [0.5, 0.6) is 0 Å². The van der Waals surface area contributed by atoms with Gasteiger partial charge in [0.15, 0.2) is 0 Å². The van der Waals surface area contributed by atoms with E-state index < -0.39 is 0 Å². The lowest BCUT2D eigenvalue weighted by Gasteiger charge is -2.08. The Bertz CT molecular complexity index is 610. The molecular weight excluding hydrogens is 297 g/mol. The lowest BCUT2D eigenvalue weighted by atomic mass is 10.3. The summed E-state index contributed by atoms with van der Waals surface area (Å²) in [4.78, 5) is 16.1. The second-order valence-corrected chi connectivity index (χ2v) is 5.25. The van der Waals surface area contributed by atoms with Crippen LogP contribution in [0, 0.1) is 0 Å². The molecule has 0 atom stereocenters. The maximum atomic E-state index is 11.7. The van der Waals surface area contributed by atoms with Gasteiger partial charge in [0, 0.05) is 24.5 Å². The minimum Gasteiger partial charge on any atom is -0.356 e. The predicted octanol–water partition coefficient (Wildman–Crippen LogP) is 3.34. The lowest BCUT2D eigenvalue weighted by Crippen LogP contribution is -2.25. The summed E-state index contributed by atoms with van der Waals surface area (Å²) < 4.78 is 1.96. The van der Waals surface area contributed by atoms with Gasteiger partial charge >= 0.3 is 0 Å². The van der Waals surface area contributed by atoms with Crippen molar-refractivity contribution in [3.63, 3.8) is 0 Å². The molecule has 2 aromatic rings. The maximum absolute atomic E-state index is 11.7. The fourth-order valence-corrected chi connectivity index (χ4v) is 2.43. The first-order valence-electron chi connectivity index (χ1n) is 6.63. The van der Waals surface area contributed by atoms with Crippen LogP contribution in [0.4, 0.5) is 0 Å². The van der Waals surface area contributed by atoms with E-state index in [1.54, 1.807) is 6.07 Å². The third-order valence-corrected chi connectivity index (χ3v) is 3.52. The second-order valence-electron chi connectivity index (χ2n) is 4.55. The number of aromatic nitrogens is 2. The number of nitrogens with one attached hydrogen (secondary N) is 1. The molecule has 20 heavy (non-hydrogen) atoms. The molecule has 0 aliphatic heterocycles. The number of aryl methyl sites for hydroxylation is 1. The van der Waals surface area contributed by atoms with Crippen LogP contribution in [-0.4, -0.2) is 22.0 Å². The lowest BCUT2D eigenvalue weighted by molar-refractivity contribution is -0.121. The minimum absolute atomic E-state index is 0.0382. The molecule has 108 valence electrons. The zero-order valence-electron chi connectivity index (χ0n) is 11.3. The number of fused-ring (bicyclic) bond motifs is 1. The number of carbonyl (C=O) groups is 1. The van der Waals surface area contributed by atoms with Gasteiger partial charge in [-0.1, -0.05) is 18.5 Å². The molecule has 2 rings (SSSR count). The van der Waals surface area contributed by atoms with Crippen LogP contribution in [0.15, 0.2) is 18.2 Å². The van der Waals surface area contributed by atoms with E-state index >= 15 is 0 Å². The standard InChI is InChI=1S/C14H17Cl2N3O/c1-2-6-17-14(20)5-7-19-12-8-10(16)3-4-11(12)18-13(19)9-15/h3-4,8H,2,5-7,9H2,1H3,(H,17,20). The van der Waals surface area contributed by atoms with Crippen LogP contribution in [0.1, 0.15) is 25.6 Å². The van der Waals surface area contributed by atoms with Crippen molar-refractivity contribution >= 4 is 40.1 Å². The van der Waals surface area contributed by atoms with Gasteiger partial charge < -0.3 is 9.88 Å². The molecule has 0 aliphatic carbocycles. The largest absolute Gasteiger partial charge is 0.356 e. The highest BCUT2D eigenvalue weighted by molar-refractivity contribution is 6.31. The number of rotatable bonds is 6. The summed E-state index contributed by atoms with van der Waals surface area (Å²) in [6.07, 6.45) is 1.34. The third kappa shape index (κ3) is 3.44. The quantitative estimate of drug-likeness (QED) is 0.831. The van der Waals surface area contributed by atoms with E-state index in [-0.39, 0.29) is 5.91 Å². The van der Waals surface area contributed by atoms with Crippen molar-refractivity contribution in [3.05, 3.63) is 29.0 Å². The Labute approximate surface area is 128 Å². The molecule has 1 aromatic heterocycles. The normalized spacial score (nSPS) is 10.9. The summed E-state index contributed by atoms with van der Waals surface area (Å²) in [7, 11) is 0. The van der Waals surface area contributed by atoms with Crippen molar-refractivity contribution in [2.45, 2.75) is 32.2 Å². The summed E-state index contributed by atoms with van der Waals surface area (Å²) in [6.45, 7) is 3.28. The number of hydrogen-bond donors (Lipinski definition) is 1. The van der Waals surface area contributed by atoms with E-state index in [9.17, 15) is 4.79 Å². The van der Waals surface area contributed by atoms with Gasteiger partial charge in [0.25, 0.3) is 0 Å². The van der Waals surface area contributed by atoms with Gasteiger partial charge in [-0.15, -0.1) is 11.6 Å². The smallest absolute Gasteiger partial charge is 0.221 e. The summed E-state index contributed by atoms with van der Waals surface area (Å²) in [5, 5.41) is 3.51. The van der Waals surface area contributed by atoms with E-state index in [0.717, 1.165) is 23.3 Å². The predicted molar refractivity (Wildman–Crippen MR) is 82.2 cm³/mol. The molecular formula is C14H17Cl2N3O. The number of halogens is 2. The molecule has 0 spiro atoms. The molecule has 0 fully saturated rings. The van der Waals surface area contributed by atoms with Crippen molar-refractivity contribution < 1.29 is 4.79 Å². The Balaban J connectivity index is 2.19. The number of benzene rings is 1. The van der Waals surface area contributed by atoms with Gasteiger partial charge in [-0.3, -0.25) is 4.79 Å². The molecule has 6 heteroatoms. The molecule has 0 aliphatic rings. The van der Waals surface area contributed by atoms with E-state index in [4.69, 9.17) is 23.2 Å². The summed E-state index contributed by atoms with van der Waals surface area (Å²) in [5.41, 5.74) is 1.76. The highest BCUT2D eigenvalue weighted by Crippen LogP contribution is 2.22. The molecule has 1 N–H and O–H groups in total. The van der Waals surface area contributed by atoms with Gasteiger partial charge in [0.2, 0.25) is 5.91 Å². The van der Waals surface area contributed by atoms with Crippen LogP contribution in [0.3, 0.4) is 0 Å². The third-order valence-electron chi connectivity index (χ3n) is 3.04. The fraction of sp³-hybridized carbons (Fsp3) is 0.429. The van der Waals surface area contributed by atoms with Gasteiger partial charge in [-0.05, 0) is 24.6 Å². The van der Waals surface area contributed by atoms with Gasteiger partial charge in [0.05, 0.1) is 16.9 Å². The van der Waals surface area contributed by atoms with Crippen LogP contribution in [0.25, 0.3) is 11.0 Å². The summed E-state index contributed by atoms with van der Waals surface area (Å²) in [6, 6.07) is 5.51. The zero-order valence-corrected chi connectivity index (χ0v) is 12.8. The van der Waals surface area contributed by atoms with Crippen molar-refractivity contribution in [1.29, 1.82) is 0 Å². The van der Waals surface area contributed by atoms with Gasteiger partial charge in [0.1, 0.15) is 5.82 Å². The molecule has 0 saturated carbocycles. The second kappa shape index (κ2) is 6.95. The highest BCUT2D eigenvalue weighted by Gasteiger charge is 2.11. The van der Waals surface area contributed by atoms with E-state index in [1.807, 2.05) is 23.6 Å². The van der Waals surface area contributed by atoms with E-state index in [2.05, 4.69) is 10.3 Å². The molecule has 1 amide bonds. The molecule has 0 radical (unpaired) electrons. The average molecular weight is 314 g/mol. The molecule has 1 heterocycles. The van der Waals surface area contributed by atoms with Crippen LogP contribution < -0.4 is 5.32 Å². The molecule has 1 aromatic carbocycles. The number of alkyl halides is 1.